The highest BCUT2D eigenvalue weighted by Gasteiger charge is 2.32. The lowest BCUT2D eigenvalue weighted by atomic mass is 9.72. The first-order chi connectivity index (χ1) is 9.58. The van der Waals surface area contributed by atoms with E-state index in [1.165, 1.54) is 19.3 Å². The molecule has 0 heterocycles. The Labute approximate surface area is 123 Å². The van der Waals surface area contributed by atoms with Gasteiger partial charge >= 0.3 is 0 Å². The Balaban J connectivity index is 2.13. The van der Waals surface area contributed by atoms with E-state index in [0.717, 1.165) is 19.4 Å². The highest BCUT2D eigenvalue weighted by molar-refractivity contribution is 5.76. The van der Waals surface area contributed by atoms with Crippen LogP contribution in [0.2, 0.25) is 0 Å². The average molecular weight is 285 g/mol. The molecule has 118 valence electrons. The number of nitrogens with zero attached hydrogens (tertiary/aromatic N) is 1. The summed E-state index contributed by atoms with van der Waals surface area (Å²) in [5, 5.41) is 2.94. The van der Waals surface area contributed by atoms with E-state index in [4.69, 9.17) is 10.5 Å². The van der Waals surface area contributed by atoms with Crippen LogP contribution >= 0.6 is 0 Å². The summed E-state index contributed by atoms with van der Waals surface area (Å²) in [6.07, 6.45) is 6.45. The quantitative estimate of drug-likeness (QED) is 0.620. The molecular formula is C15H31N3O2. The SMILES string of the molecule is CN(C)CCOCCNC(=O)CC1(CN)CCCCC1. The summed E-state index contributed by atoms with van der Waals surface area (Å²) in [5.74, 6) is 0.119. The lowest BCUT2D eigenvalue weighted by molar-refractivity contribution is -0.124. The van der Waals surface area contributed by atoms with Crippen molar-refractivity contribution < 1.29 is 9.53 Å². The second kappa shape index (κ2) is 9.32. The van der Waals surface area contributed by atoms with E-state index < -0.39 is 0 Å². The van der Waals surface area contributed by atoms with E-state index in [1.54, 1.807) is 0 Å². The van der Waals surface area contributed by atoms with Gasteiger partial charge in [0.1, 0.15) is 0 Å². The van der Waals surface area contributed by atoms with Gasteiger partial charge in [0, 0.05) is 19.5 Å². The first-order valence-electron chi connectivity index (χ1n) is 7.77. The fourth-order valence-corrected chi connectivity index (χ4v) is 2.77. The number of nitrogens with one attached hydrogen (secondary N) is 1. The van der Waals surface area contributed by atoms with Crippen LogP contribution in [0.3, 0.4) is 0 Å². The maximum atomic E-state index is 12.0. The second-order valence-electron chi connectivity index (χ2n) is 6.21. The summed E-state index contributed by atoms with van der Waals surface area (Å²) in [7, 11) is 4.03. The Morgan fingerprint density at radius 1 is 1.25 bits per heavy atom. The summed E-state index contributed by atoms with van der Waals surface area (Å²) < 4.78 is 5.46. The Bertz CT molecular complexity index is 276. The van der Waals surface area contributed by atoms with Crippen LogP contribution in [0.4, 0.5) is 0 Å². The van der Waals surface area contributed by atoms with Gasteiger partial charge < -0.3 is 20.7 Å². The predicted octanol–water partition coefficient (Wildman–Crippen LogP) is 0.980. The maximum Gasteiger partial charge on any atom is 0.220 e. The van der Waals surface area contributed by atoms with Gasteiger partial charge in [-0.05, 0) is 38.9 Å². The van der Waals surface area contributed by atoms with E-state index in [0.29, 0.717) is 32.7 Å². The third-order valence-electron chi connectivity index (χ3n) is 4.13. The Morgan fingerprint density at radius 2 is 1.95 bits per heavy atom. The van der Waals surface area contributed by atoms with E-state index in [2.05, 4.69) is 10.2 Å². The fourth-order valence-electron chi connectivity index (χ4n) is 2.77. The van der Waals surface area contributed by atoms with Crippen LogP contribution in [-0.2, 0) is 9.53 Å². The molecule has 1 aliphatic rings. The molecule has 0 unspecified atom stereocenters. The maximum absolute atomic E-state index is 12.0. The van der Waals surface area contributed by atoms with Gasteiger partial charge in [-0.25, -0.2) is 0 Å². The third-order valence-corrected chi connectivity index (χ3v) is 4.13. The lowest BCUT2D eigenvalue weighted by Gasteiger charge is -2.35. The molecule has 1 rings (SSSR count). The average Bonchev–Trinajstić information content (AvgIpc) is 2.43. The van der Waals surface area contributed by atoms with Crippen molar-refractivity contribution in [2.45, 2.75) is 38.5 Å². The summed E-state index contributed by atoms with van der Waals surface area (Å²) >= 11 is 0. The molecule has 5 nitrogen and oxygen atoms in total. The van der Waals surface area contributed by atoms with Crippen molar-refractivity contribution in [1.29, 1.82) is 0 Å². The van der Waals surface area contributed by atoms with Gasteiger partial charge in [-0.3, -0.25) is 4.79 Å². The number of hydrogen-bond donors (Lipinski definition) is 2. The highest BCUT2D eigenvalue weighted by atomic mass is 16.5. The monoisotopic (exact) mass is 285 g/mol. The minimum Gasteiger partial charge on any atom is -0.378 e. The molecular weight excluding hydrogens is 254 g/mol. The van der Waals surface area contributed by atoms with Crippen LogP contribution in [0.15, 0.2) is 0 Å². The van der Waals surface area contributed by atoms with Gasteiger partial charge in [0.15, 0.2) is 0 Å². The van der Waals surface area contributed by atoms with Crippen molar-refractivity contribution >= 4 is 5.91 Å². The van der Waals surface area contributed by atoms with E-state index in [-0.39, 0.29) is 11.3 Å². The molecule has 1 amide bonds. The molecule has 0 radical (unpaired) electrons. The standard InChI is InChI=1S/C15H31N3O2/c1-18(2)9-11-20-10-8-17-14(19)12-15(13-16)6-4-3-5-7-15/h3-13,16H2,1-2H3,(H,17,19). The van der Waals surface area contributed by atoms with Crippen molar-refractivity contribution in [3.05, 3.63) is 0 Å². The third kappa shape index (κ3) is 6.68. The molecule has 0 spiro atoms. The number of carbonyl (C=O) groups excluding carboxylic acids is 1. The van der Waals surface area contributed by atoms with E-state index in [9.17, 15) is 4.79 Å². The molecule has 0 atom stereocenters. The van der Waals surface area contributed by atoms with Crippen molar-refractivity contribution in [2.75, 3.05) is 46.9 Å². The number of likely N-dealkylation sites (N-methyl/N-ethyl adjacent to an activating group) is 1. The molecule has 1 fully saturated rings. The van der Waals surface area contributed by atoms with E-state index >= 15 is 0 Å². The van der Waals surface area contributed by atoms with Crippen LogP contribution in [-0.4, -0.2) is 57.8 Å². The molecule has 0 aromatic rings. The van der Waals surface area contributed by atoms with Crippen LogP contribution < -0.4 is 11.1 Å². The number of ether oxygens (including phenoxy) is 1. The zero-order chi connectivity index (χ0) is 14.8. The first kappa shape index (κ1) is 17.4. The molecule has 0 aromatic heterocycles. The molecule has 3 N–H and O–H groups in total. The number of hydrogen-bond acceptors (Lipinski definition) is 4. The van der Waals surface area contributed by atoms with E-state index in [1.807, 2.05) is 14.1 Å². The Morgan fingerprint density at radius 3 is 2.55 bits per heavy atom. The first-order valence-corrected chi connectivity index (χ1v) is 7.77. The second-order valence-corrected chi connectivity index (χ2v) is 6.21. The van der Waals surface area contributed by atoms with Crippen molar-refractivity contribution in [3.63, 3.8) is 0 Å². The molecule has 1 aliphatic carbocycles. The molecule has 0 bridgehead atoms. The van der Waals surface area contributed by atoms with Crippen LogP contribution in [0.5, 0.6) is 0 Å². The summed E-state index contributed by atoms with van der Waals surface area (Å²) in [5.41, 5.74) is 5.95. The molecule has 0 aromatic carbocycles. The molecule has 0 saturated heterocycles. The fraction of sp³-hybridized carbons (Fsp3) is 0.933. The highest BCUT2D eigenvalue weighted by Crippen LogP contribution is 2.38. The van der Waals surface area contributed by atoms with Gasteiger partial charge in [-0.15, -0.1) is 0 Å². The smallest absolute Gasteiger partial charge is 0.220 e. The molecule has 0 aliphatic heterocycles. The van der Waals surface area contributed by atoms with Crippen molar-refractivity contribution in [1.82, 2.24) is 10.2 Å². The van der Waals surface area contributed by atoms with Crippen LogP contribution in [0.25, 0.3) is 0 Å². The topological polar surface area (TPSA) is 67.6 Å². The number of rotatable bonds is 9. The van der Waals surface area contributed by atoms with Crippen molar-refractivity contribution in [2.24, 2.45) is 11.1 Å². The minimum absolute atomic E-state index is 0.0497. The number of carbonyl (C=O) groups is 1. The zero-order valence-electron chi connectivity index (χ0n) is 13.1. The molecule has 5 heteroatoms. The van der Waals surface area contributed by atoms with Gasteiger partial charge in [-0.2, -0.15) is 0 Å². The number of amides is 1. The van der Waals surface area contributed by atoms with Gasteiger partial charge in [-0.1, -0.05) is 19.3 Å². The predicted molar refractivity (Wildman–Crippen MR) is 81.6 cm³/mol. The Kier molecular flexibility index (Phi) is 8.11. The number of nitrogens with two attached hydrogens (primary N) is 1. The van der Waals surface area contributed by atoms with Gasteiger partial charge in [0.2, 0.25) is 5.91 Å². The van der Waals surface area contributed by atoms with Crippen molar-refractivity contribution in [3.8, 4) is 0 Å². The largest absolute Gasteiger partial charge is 0.378 e. The minimum atomic E-state index is 0.0497. The molecule has 1 saturated carbocycles. The lowest BCUT2D eigenvalue weighted by Crippen LogP contribution is -2.39. The summed E-state index contributed by atoms with van der Waals surface area (Å²) in [6, 6.07) is 0. The van der Waals surface area contributed by atoms with Gasteiger partial charge in [0.05, 0.1) is 13.2 Å². The van der Waals surface area contributed by atoms with Gasteiger partial charge in [0.25, 0.3) is 0 Å². The normalized spacial score (nSPS) is 18.2. The summed E-state index contributed by atoms with van der Waals surface area (Å²) in [6.45, 7) is 3.40. The Hall–Kier alpha value is -0.650. The van der Waals surface area contributed by atoms with Crippen LogP contribution in [0, 0.1) is 5.41 Å². The molecule has 20 heavy (non-hydrogen) atoms. The van der Waals surface area contributed by atoms with Crippen LogP contribution in [0.1, 0.15) is 38.5 Å². The zero-order valence-corrected chi connectivity index (χ0v) is 13.1. The summed E-state index contributed by atoms with van der Waals surface area (Å²) in [4.78, 5) is 14.1.